The molecule has 0 unspecified atom stereocenters. The SMILES string of the molecule is CCOC(=O)Cc1ccc(OC)c(Oc2ccc(Cl)cc2CBr)c1. The van der Waals surface area contributed by atoms with E-state index in [1.807, 2.05) is 12.1 Å². The van der Waals surface area contributed by atoms with Crippen LogP contribution < -0.4 is 9.47 Å². The number of methoxy groups -OCH3 is 1. The fraction of sp³-hybridized carbons (Fsp3) is 0.278. The number of alkyl halides is 1. The summed E-state index contributed by atoms with van der Waals surface area (Å²) < 4.78 is 16.3. The van der Waals surface area contributed by atoms with Gasteiger partial charge in [-0.3, -0.25) is 4.79 Å². The Morgan fingerprint density at radius 1 is 1.12 bits per heavy atom. The van der Waals surface area contributed by atoms with Crippen molar-refractivity contribution in [2.45, 2.75) is 18.7 Å². The van der Waals surface area contributed by atoms with Crippen LogP contribution in [0.2, 0.25) is 5.02 Å². The maximum absolute atomic E-state index is 11.7. The second-order valence-electron chi connectivity index (χ2n) is 4.95. The molecule has 0 aliphatic carbocycles. The Labute approximate surface area is 154 Å². The van der Waals surface area contributed by atoms with Crippen molar-refractivity contribution >= 4 is 33.5 Å². The van der Waals surface area contributed by atoms with Gasteiger partial charge in [0, 0.05) is 15.9 Å². The minimum absolute atomic E-state index is 0.181. The van der Waals surface area contributed by atoms with Crippen molar-refractivity contribution in [3.63, 3.8) is 0 Å². The van der Waals surface area contributed by atoms with E-state index in [1.54, 1.807) is 38.3 Å². The van der Waals surface area contributed by atoms with Gasteiger partial charge in [-0.15, -0.1) is 0 Å². The van der Waals surface area contributed by atoms with Crippen LogP contribution in [0.1, 0.15) is 18.1 Å². The molecule has 0 heterocycles. The van der Waals surface area contributed by atoms with Gasteiger partial charge in [0.1, 0.15) is 5.75 Å². The van der Waals surface area contributed by atoms with Crippen LogP contribution in [0.4, 0.5) is 0 Å². The number of carbonyl (C=O) groups excluding carboxylic acids is 1. The number of benzene rings is 2. The molecule has 6 heteroatoms. The van der Waals surface area contributed by atoms with E-state index in [1.165, 1.54) is 0 Å². The summed E-state index contributed by atoms with van der Waals surface area (Å²) in [5.74, 6) is 1.51. The van der Waals surface area contributed by atoms with Crippen LogP contribution in [0.5, 0.6) is 17.2 Å². The first kappa shape index (κ1) is 18.6. The van der Waals surface area contributed by atoms with E-state index >= 15 is 0 Å². The minimum atomic E-state index is -0.277. The van der Waals surface area contributed by atoms with E-state index in [0.29, 0.717) is 34.2 Å². The van der Waals surface area contributed by atoms with E-state index in [9.17, 15) is 4.79 Å². The summed E-state index contributed by atoms with van der Waals surface area (Å²) in [5, 5.41) is 1.24. The molecule has 0 aliphatic heterocycles. The van der Waals surface area contributed by atoms with Crippen LogP contribution in [-0.2, 0) is 21.3 Å². The molecule has 0 atom stereocenters. The Balaban J connectivity index is 2.29. The number of ether oxygens (including phenoxy) is 3. The third-order valence-electron chi connectivity index (χ3n) is 3.27. The van der Waals surface area contributed by atoms with E-state index < -0.39 is 0 Å². The molecule has 24 heavy (non-hydrogen) atoms. The number of halogens is 2. The molecule has 0 radical (unpaired) electrons. The largest absolute Gasteiger partial charge is 0.493 e. The van der Waals surface area contributed by atoms with E-state index in [-0.39, 0.29) is 12.4 Å². The first-order chi connectivity index (χ1) is 11.6. The third kappa shape index (κ3) is 4.89. The summed E-state index contributed by atoms with van der Waals surface area (Å²) in [6, 6.07) is 10.8. The molecular formula is C18H18BrClO4. The molecule has 0 saturated heterocycles. The van der Waals surface area contributed by atoms with Crippen molar-refractivity contribution in [1.29, 1.82) is 0 Å². The predicted octanol–water partition coefficient (Wildman–Crippen LogP) is 5.14. The Morgan fingerprint density at radius 2 is 1.88 bits per heavy atom. The average Bonchev–Trinajstić information content (AvgIpc) is 2.57. The lowest BCUT2D eigenvalue weighted by molar-refractivity contribution is -0.142. The summed E-state index contributed by atoms with van der Waals surface area (Å²) >= 11 is 9.44. The van der Waals surface area contributed by atoms with Gasteiger partial charge in [-0.05, 0) is 42.8 Å². The maximum atomic E-state index is 11.7. The lowest BCUT2D eigenvalue weighted by Crippen LogP contribution is -2.07. The summed E-state index contributed by atoms with van der Waals surface area (Å²) in [5.41, 5.74) is 1.71. The van der Waals surface area contributed by atoms with Gasteiger partial charge in [0.15, 0.2) is 11.5 Å². The Hall–Kier alpha value is -1.72. The van der Waals surface area contributed by atoms with Crippen LogP contribution in [0.25, 0.3) is 0 Å². The zero-order valence-corrected chi connectivity index (χ0v) is 15.8. The molecule has 128 valence electrons. The molecule has 0 N–H and O–H groups in total. The monoisotopic (exact) mass is 412 g/mol. The number of rotatable bonds is 7. The third-order valence-corrected chi connectivity index (χ3v) is 4.11. The fourth-order valence-electron chi connectivity index (χ4n) is 2.16. The van der Waals surface area contributed by atoms with Gasteiger partial charge in [-0.1, -0.05) is 33.6 Å². The molecule has 2 aromatic rings. The van der Waals surface area contributed by atoms with E-state index in [4.69, 9.17) is 25.8 Å². The van der Waals surface area contributed by atoms with Gasteiger partial charge in [0.05, 0.1) is 20.1 Å². The van der Waals surface area contributed by atoms with Crippen LogP contribution in [0, 0.1) is 0 Å². The summed E-state index contributed by atoms with van der Waals surface area (Å²) in [6.45, 7) is 2.14. The van der Waals surface area contributed by atoms with Crippen LogP contribution in [-0.4, -0.2) is 19.7 Å². The van der Waals surface area contributed by atoms with E-state index in [0.717, 1.165) is 11.1 Å². The molecule has 2 rings (SSSR count). The van der Waals surface area contributed by atoms with Crippen molar-refractivity contribution in [1.82, 2.24) is 0 Å². The molecular weight excluding hydrogens is 396 g/mol. The van der Waals surface area contributed by atoms with E-state index in [2.05, 4.69) is 15.9 Å². The van der Waals surface area contributed by atoms with Gasteiger partial charge in [-0.25, -0.2) is 0 Å². The van der Waals surface area contributed by atoms with Crippen molar-refractivity contribution in [2.75, 3.05) is 13.7 Å². The number of carbonyl (C=O) groups is 1. The minimum Gasteiger partial charge on any atom is -0.493 e. The molecule has 0 amide bonds. The van der Waals surface area contributed by atoms with Crippen molar-refractivity contribution in [3.8, 4) is 17.2 Å². The lowest BCUT2D eigenvalue weighted by Gasteiger charge is -2.14. The Morgan fingerprint density at radius 3 is 2.54 bits per heavy atom. The lowest BCUT2D eigenvalue weighted by atomic mass is 10.1. The Kier molecular flexibility index (Phi) is 6.94. The smallest absolute Gasteiger partial charge is 0.310 e. The average molecular weight is 414 g/mol. The molecule has 0 fully saturated rings. The quantitative estimate of drug-likeness (QED) is 0.465. The molecule has 0 saturated carbocycles. The second kappa shape index (κ2) is 8.94. The van der Waals surface area contributed by atoms with Crippen LogP contribution in [0.3, 0.4) is 0 Å². The zero-order valence-electron chi connectivity index (χ0n) is 13.5. The highest BCUT2D eigenvalue weighted by atomic mass is 79.9. The predicted molar refractivity (Wildman–Crippen MR) is 97.5 cm³/mol. The Bertz CT molecular complexity index is 718. The van der Waals surface area contributed by atoms with Crippen LogP contribution >= 0.6 is 27.5 Å². The first-order valence-corrected chi connectivity index (χ1v) is 8.92. The van der Waals surface area contributed by atoms with Gasteiger partial charge < -0.3 is 14.2 Å². The summed E-state index contributed by atoms with van der Waals surface area (Å²) in [6.07, 6.45) is 0.181. The molecule has 0 aromatic heterocycles. The van der Waals surface area contributed by atoms with Gasteiger partial charge in [0.2, 0.25) is 0 Å². The topological polar surface area (TPSA) is 44.8 Å². The van der Waals surface area contributed by atoms with Crippen molar-refractivity contribution in [2.24, 2.45) is 0 Å². The van der Waals surface area contributed by atoms with Crippen LogP contribution in [0.15, 0.2) is 36.4 Å². The number of esters is 1. The highest BCUT2D eigenvalue weighted by Crippen LogP contribution is 2.35. The van der Waals surface area contributed by atoms with Gasteiger partial charge in [0.25, 0.3) is 0 Å². The fourth-order valence-corrected chi connectivity index (χ4v) is 2.79. The standard InChI is InChI=1S/C18H18BrClO4/c1-3-23-18(21)9-12-4-6-16(22-2)17(8-12)24-15-7-5-14(20)10-13(15)11-19/h4-8,10H,3,9,11H2,1-2H3. The molecule has 2 aromatic carbocycles. The highest BCUT2D eigenvalue weighted by Gasteiger charge is 2.12. The van der Waals surface area contributed by atoms with Gasteiger partial charge >= 0.3 is 5.97 Å². The zero-order chi connectivity index (χ0) is 17.5. The molecule has 0 aliphatic rings. The summed E-state index contributed by atoms with van der Waals surface area (Å²) in [7, 11) is 1.57. The van der Waals surface area contributed by atoms with Crippen molar-refractivity contribution < 1.29 is 19.0 Å². The normalized spacial score (nSPS) is 10.3. The highest BCUT2D eigenvalue weighted by molar-refractivity contribution is 9.08. The number of hydrogen-bond acceptors (Lipinski definition) is 4. The summed E-state index contributed by atoms with van der Waals surface area (Å²) in [4.78, 5) is 11.7. The second-order valence-corrected chi connectivity index (χ2v) is 5.95. The number of hydrogen-bond donors (Lipinski definition) is 0. The first-order valence-electron chi connectivity index (χ1n) is 7.42. The van der Waals surface area contributed by atoms with Gasteiger partial charge in [-0.2, -0.15) is 0 Å². The van der Waals surface area contributed by atoms with Crippen molar-refractivity contribution in [3.05, 3.63) is 52.5 Å². The molecule has 4 nitrogen and oxygen atoms in total. The molecule has 0 spiro atoms. The maximum Gasteiger partial charge on any atom is 0.310 e. The molecule has 0 bridgehead atoms.